The van der Waals surface area contributed by atoms with Crippen LogP contribution in [0.3, 0.4) is 0 Å². The molecule has 4 nitrogen and oxygen atoms in total. The van der Waals surface area contributed by atoms with Crippen molar-refractivity contribution in [2.24, 2.45) is 0 Å². The summed E-state index contributed by atoms with van der Waals surface area (Å²) in [6, 6.07) is 9.52. The number of benzene rings is 2. The van der Waals surface area contributed by atoms with Crippen LogP contribution in [0.2, 0.25) is 10.0 Å². The molecule has 0 aromatic heterocycles. The van der Waals surface area contributed by atoms with Gasteiger partial charge in [0, 0.05) is 19.0 Å². The van der Waals surface area contributed by atoms with Gasteiger partial charge in [0.05, 0.1) is 21.5 Å². The highest BCUT2D eigenvalue weighted by atomic mass is 35.5. The Kier molecular flexibility index (Phi) is 5.42. The molecule has 3 rings (SSSR count). The van der Waals surface area contributed by atoms with Crippen molar-refractivity contribution in [3.05, 3.63) is 57.1 Å². The fourth-order valence-electron chi connectivity index (χ4n) is 3.20. The van der Waals surface area contributed by atoms with Gasteiger partial charge < -0.3 is 9.08 Å². The maximum Gasteiger partial charge on any atom is 0.308 e. The number of aryl methyl sites for hydroxylation is 2. The van der Waals surface area contributed by atoms with Gasteiger partial charge in [-0.15, -0.1) is 0 Å². The minimum atomic E-state index is -3.53. The predicted molar refractivity (Wildman–Crippen MR) is 107 cm³/mol. The van der Waals surface area contributed by atoms with Crippen LogP contribution in [0.25, 0.3) is 0 Å². The van der Waals surface area contributed by atoms with Crippen molar-refractivity contribution in [2.45, 2.75) is 26.7 Å². The quantitative estimate of drug-likeness (QED) is 0.650. The van der Waals surface area contributed by atoms with Crippen molar-refractivity contribution in [1.29, 1.82) is 0 Å². The van der Waals surface area contributed by atoms with Crippen molar-refractivity contribution >= 4 is 39.0 Å². The highest BCUT2D eigenvalue weighted by Crippen LogP contribution is 2.41. The summed E-state index contributed by atoms with van der Waals surface area (Å²) in [7, 11) is -3.53. The zero-order chi connectivity index (χ0) is 19.1. The summed E-state index contributed by atoms with van der Waals surface area (Å²) >= 11 is 12.6. The maximum absolute atomic E-state index is 11.8. The van der Waals surface area contributed by atoms with Crippen LogP contribution in [-0.2, 0) is 10.1 Å². The van der Waals surface area contributed by atoms with Gasteiger partial charge >= 0.3 is 10.1 Å². The second-order valence-electron chi connectivity index (χ2n) is 6.59. The number of nitrogens with zero attached hydrogens (tertiary/aromatic N) is 1. The summed E-state index contributed by atoms with van der Waals surface area (Å²) in [5.41, 5.74) is 3.69. The summed E-state index contributed by atoms with van der Waals surface area (Å²) in [4.78, 5) is 2.16. The van der Waals surface area contributed by atoms with E-state index in [4.69, 9.17) is 27.4 Å². The molecular formula is C19H21Cl2NO3S. The van der Waals surface area contributed by atoms with Crippen LogP contribution in [0.1, 0.15) is 29.5 Å². The largest absolute Gasteiger partial charge is 0.382 e. The first-order valence-electron chi connectivity index (χ1n) is 8.44. The van der Waals surface area contributed by atoms with Gasteiger partial charge in [-0.2, -0.15) is 8.42 Å². The average molecular weight is 414 g/mol. The Labute approximate surface area is 164 Å². The van der Waals surface area contributed by atoms with Crippen LogP contribution < -0.4 is 9.08 Å². The maximum atomic E-state index is 11.8. The fourth-order valence-corrected chi connectivity index (χ4v) is 4.47. The third kappa shape index (κ3) is 3.80. The van der Waals surface area contributed by atoms with Crippen LogP contribution in [0.4, 0.5) is 5.69 Å². The first kappa shape index (κ1) is 19.3. The Bertz CT molecular complexity index is 895. The van der Waals surface area contributed by atoms with Crippen molar-refractivity contribution in [1.82, 2.24) is 0 Å². The number of hydrogen-bond donors (Lipinski definition) is 0. The van der Waals surface area contributed by atoms with E-state index in [1.54, 1.807) is 6.92 Å². The molecule has 140 valence electrons. The van der Waals surface area contributed by atoms with Crippen molar-refractivity contribution in [3.63, 3.8) is 0 Å². The van der Waals surface area contributed by atoms with Gasteiger partial charge in [0.15, 0.2) is 0 Å². The third-order valence-corrected chi connectivity index (χ3v) is 6.39. The Morgan fingerprint density at radius 3 is 2.15 bits per heavy atom. The van der Waals surface area contributed by atoms with E-state index in [0.29, 0.717) is 21.7 Å². The molecule has 0 aliphatic carbocycles. The number of rotatable bonds is 5. The van der Waals surface area contributed by atoms with E-state index in [0.717, 1.165) is 29.9 Å². The highest BCUT2D eigenvalue weighted by molar-refractivity contribution is 7.87. The number of halogens is 2. The average Bonchev–Trinajstić information content (AvgIpc) is 2.52. The summed E-state index contributed by atoms with van der Waals surface area (Å²) < 4.78 is 28.8. The van der Waals surface area contributed by atoms with Gasteiger partial charge in [0.1, 0.15) is 5.75 Å². The Hall–Kier alpha value is -1.43. The predicted octanol–water partition coefficient (Wildman–Crippen LogP) is 4.94. The summed E-state index contributed by atoms with van der Waals surface area (Å²) in [6.07, 6.45) is 0. The SMILES string of the molecule is CCS(=O)(=O)Oc1c(C)cc(C2CN(c3c(Cl)cccc3Cl)C2)cc1C. The molecule has 2 aromatic carbocycles. The highest BCUT2D eigenvalue weighted by Gasteiger charge is 2.31. The van der Waals surface area contributed by atoms with Crippen LogP contribution in [-0.4, -0.2) is 27.3 Å². The Balaban J connectivity index is 1.78. The van der Waals surface area contributed by atoms with E-state index in [-0.39, 0.29) is 5.75 Å². The third-order valence-electron chi connectivity index (χ3n) is 4.65. The van der Waals surface area contributed by atoms with E-state index >= 15 is 0 Å². The lowest BCUT2D eigenvalue weighted by Gasteiger charge is -2.42. The lowest BCUT2D eigenvalue weighted by atomic mass is 9.88. The van der Waals surface area contributed by atoms with E-state index in [1.165, 1.54) is 5.56 Å². The molecule has 1 heterocycles. The fraction of sp³-hybridized carbons (Fsp3) is 0.368. The molecule has 7 heteroatoms. The Morgan fingerprint density at radius 2 is 1.65 bits per heavy atom. The van der Waals surface area contributed by atoms with Gasteiger partial charge in [-0.1, -0.05) is 41.4 Å². The molecule has 2 aromatic rings. The topological polar surface area (TPSA) is 46.6 Å². The molecule has 0 bridgehead atoms. The molecule has 0 saturated carbocycles. The molecule has 26 heavy (non-hydrogen) atoms. The molecule has 0 atom stereocenters. The van der Waals surface area contributed by atoms with E-state index in [2.05, 4.69) is 4.90 Å². The number of anilines is 1. The van der Waals surface area contributed by atoms with Crippen molar-refractivity contribution in [3.8, 4) is 5.75 Å². The molecule has 0 N–H and O–H groups in total. The molecule has 1 saturated heterocycles. The van der Waals surface area contributed by atoms with Gasteiger partial charge in [0.25, 0.3) is 0 Å². The molecule has 0 spiro atoms. The van der Waals surface area contributed by atoms with Gasteiger partial charge in [-0.3, -0.25) is 0 Å². The number of hydrogen-bond acceptors (Lipinski definition) is 4. The molecular weight excluding hydrogens is 393 g/mol. The van der Waals surface area contributed by atoms with Crippen LogP contribution in [0.15, 0.2) is 30.3 Å². The van der Waals surface area contributed by atoms with E-state index in [9.17, 15) is 8.42 Å². The van der Waals surface area contributed by atoms with E-state index in [1.807, 2.05) is 44.2 Å². The van der Waals surface area contributed by atoms with Crippen molar-refractivity contribution < 1.29 is 12.6 Å². The van der Waals surface area contributed by atoms with Crippen molar-refractivity contribution in [2.75, 3.05) is 23.7 Å². The summed E-state index contributed by atoms with van der Waals surface area (Å²) in [5, 5.41) is 1.30. The molecule has 0 unspecified atom stereocenters. The first-order valence-corrected chi connectivity index (χ1v) is 10.8. The minimum Gasteiger partial charge on any atom is -0.382 e. The Morgan fingerprint density at radius 1 is 1.12 bits per heavy atom. The summed E-state index contributed by atoms with van der Waals surface area (Å²) in [6.45, 7) is 6.94. The second kappa shape index (κ2) is 7.29. The minimum absolute atomic E-state index is 0.0518. The van der Waals surface area contributed by atoms with Gasteiger partial charge in [0.2, 0.25) is 0 Å². The smallest absolute Gasteiger partial charge is 0.308 e. The molecule has 1 fully saturated rings. The molecule has 1 aliphatic rings. The standard InChI is InChI=1S/C19H21Cl2NO3S/c1-4-26(23,24)25-19-12(2)8-14(9-13(19)3)15-10-22(11-15)18-16(20)6-5-7-17(18)21/h5-9,15H,4,10-11H2,1-3H3. The van der Waals surface area contributed by atoms with E-state index < -0.39 is 10.1 Å². The second-order valence-corrected chi connectivity index (χ2v) is 9.26. The van der Waals surface area contributed by atoms with Gasteiger partial charge in [-0.05, 0) is 49.6 Å². The first-order chi connectivity index (χ1) is 12.2. The zero-order valence-corrected chi connectivity index (χ0v) is 17.2. The van der Waals surface area contributed by atoms with Crippen LogP contribution in [0, 0.1) is 13.8 Å². The normalized spacial score (nSPS) is 15.0. The molecule has 0 amide bonds. The molecule has 1 aliphatic heterocycles. The lowest BCUT2D eigenvalue weighted by Crippen LogP contribution is -2.45. The zero-order valence-electron chi connectivity index (χ0n) is 14.9. The van der Waals surface area contributed by atoms with Gasteiger partial charge in [-0.25, -0.2) is 0 Å². The van der Waals surface area contributed by atoms with Crippen LogP contribution in [0.5, 0.6) is 5.75 Å². The number of para-hydroxylation sites is 1. The summed E-state index contributed by atoms with van der Waals surface area (Å²) in [5.74, 6) is 0.724. The monoisotopic (exact) mass is 413 g/mol. The lowest BCUT2D eigenvalue weighted by molar-refractivity contribution is 0.482. The van der Waals surface area contributed by atoms with Crippen LogP contribution >= 0.6 is 23.2 Å². The molecule has 0 radical (unpaired) electrons.